The molecule has 169 valence electrons. The summed E-state index contributed by atoms with van der Waals surface area (Å²) in [6, 6.07) is 17.6. The van der Waals surface area contributed by atoms with E-state index >= 15 is 0 Å². The molecular formula is C26H32IrNO2S-. The van der Waals surface area contributed by atoms with E-state index in [9.17, 15) is 10.2 Å². The maximum absolute atomic E-state index is 10.3. The summed E-state index contributed by atoms with van der Waals surface area (Å²) in [5.74, 6) is 0.627. The second-order valence-corrected chi connectivity index (χ2v) is 11.3. The van der Waals surface area contributed by atoms with E-state index in [1.807, 2.05) is 30.5 Å². The minimum atomic E-state index is -0.340. The Hall–Kier alpha value is -1.10. The van der Waals surface area contributed by atoms with Gasteiger partial charge in [0.25, 0.3) is 0 Å². The molecule has 3 aromatic rings. The fraction of sp³-hybridized carbons (Fsp3) is 0.500. The molecule has 4 unspecified atom stereocenters. The van der Waals surface area contributed by atoms with Crippen molar-refractivity contribution >= 4 is 21.4 Å². The molecule has 5 heteroatoms. The molecule has 2 aliphatic carbocycles. The monoisotopic (exact) mass is 615 g/mol. The third-order valence-corrected chi connectivity index (χ3v) is 8.16. The van der Waals surface area contributed by atoms with Crippen LogP contribution in [0.5, 0.6) is 0 Å². The Bertz CT molecular complexity index is 966. The quantitative estimate of drug-likeness (QED) is 0.333. The number of aliphatic hydroxyl groups is 2. The molecule has 31 heavy (non-hydrogen) atoms. The molecular weight excluding hydrogens is 583 g/mol. The SMILES string of the molecule is CC1(C)CCC2CC(C)(C)C(O)C2C1O.[Ir].[c-]1c(-c2ccccn2)sc2ccccc12. The summed E-state index contributed by atoms with van der Waals surface area (Å²) in [6.45, 7) is 8.48. The Labute approximate surface area is 203 Å². The first kappa shape index (κ1) is 24.5. The molecule has 4 atom stereocenters. The van der Waals surface area contributed by atoms with Gasteiger partial charge in [0.15, 0.2) is 0 Å². The zero-order chi connectivity index (χ0) is 21.5. The molecule has 0 spiro atoms. The Balaban J connectivity index is 0.000000170. The van der Waals surface area contributed by atoms with E-state index in [0.717, 1.165) is 29.8 Å². The van der Waals surface area contributed by atoms with Crippen molar-refractivity contribution in [2.45, 2.75) is 59.2 Å². The first-order valence-electron chi connectivity index (χ1n) is 10.9. The van der Waals surface area contributed by atoms with Gasteiger partial charge in [-0.2, -0.15) is 0 Å². The number of rotatable bonds is 1. The number of hydrogen-bond donors (Lipinski definition) is 2. The Morgan fingerprint density at radius 1 is 0.968 bits per heavy atom. The van der Waals surface area contributed by atoms with E-state index in [1.54, 1.807) is 11.3 Å². The van der Waals surface area contributed by atoms with E-state index in [4.69, 9.17) is 0 Å². The molecule has 3 nitrogen and oxygen atoms in total. The number of thiophene rings is 1. The second kappa shape index (κ2) is 9.41. The third-order valence-electron chi connectivity index (χ3n) is 7.07. The van der Waals surface area contributed by atoms with Crippen molar-refractivity contribution in [1.82, 2.24) is 4.98 Å². The molecule has 2 aliphatic rings. The van der Waals surface area contributed by atoms with Crippen LogP contribution in [0.4, 0.5) is 0 Å². The zero-order valence-corrected chi connectivity index (χ0v) is 21.8. The van der Waals surface area contributed by atoms with Gasteiger partial charge in [0.05, 0.1) is 12.2 Å². The van der Waals surface area contributed by atoms with Crippen molar-refractivity contribution in [3.8, 4) is 10.6 Å². The van der Waals surface area contributed by atoms with E-state index in [0.29, 0.717) is 5.92 Å². The van der Waals surface area contributed by atoms with Gasteiger partial charge in [-0.25, -0.2) is 11.3 Å². The Morgan fingerprint density at radius 3 is 2.32 bits per heavy atom. The van der Waals surface area contributed by atoms with Crippen molar-refractivity contribution < 1.29 is 30.3 Å². The van der Waals surface area contributed by atoms with Crippen LogP contribution in [-0.2, 0) is 20.1 Å². The summed E-state index contributed by atoms with van der Waals surface area (Å²) < 4.78 is 1.26. The van der Waals surface area contributed by atoms with Crippen LogP contribution in [0.15, 0.2) is 48.7 Å². The molecule has 1 radical (unpaired) electrons. The van der Waals surface area contributed by atoms with Crippen molar-refractivity contribution in [1.29, 1.82) is 0 Å². The van der Waals surface area contributed by atoms with Crippen molar-refractivity contribution in [2.24, 2.45) is 22.7 Å². The molecule has 0 amide bonds. The molecule has 2 N–H and O–H groups in total. The van der Waals surface area contributed by atoms with Crippen LogP contribution in [0.1, 0.15) is 47.0 Å². The Morgan fingerprint density at radius 2 is 1.65 bits per heavy atom. The first-order chi connectivity index (χ1) is 14.2. The third kappa shape index (κ3) is 4.96. The van der Waals surface area contributed by atoms with Gasteiger partial charge in [-0.05, 0) is 51.7 Å². The van der Waals surface area contributed by atoms with Crippen LogP contribution in [0.3, 0.4) is 0 Å². The summed E-state index contributed by atoms with van der Waals surface area (Å²) in [7, 11) is 0. The number of aliphatic hydroxyl groups excluding tert-OH is 2. The number of hydrogen-bond acceptors (Lipinski definition) is 4. The smallest absolute Gasteiger partial charge is 0.0646 e. The van der Waals surface area contributed by atoms with Crippen LogP contribution >= 0.6 is 11.3 Å². The molecule has 2 aromatic heterocycles. The average molecular weight is 615 g/mol. The number of fused-ring (bicyclic) bond motifs is 2. The van der Waals surface area contributed by atoms with Crippen LogP contribution in [0.25, 0.3) is 20.7 Å². The van der Waals surface area contributed by atoms with Crippen molar-refractivity contribution in [3.63, 3.8) is 0 Å². The summed E-state index contributed by atoms with van der Waals surface area (Å²) in [6.07, 6.45) is 4.44. The summed E-state index contributed by atoms with van der Waals surface area (Å²) >= 11 is 1.73. The minimum absolute atomic E-state index is 0. The van der Waals surface area contributed by atoms with Gasteiger partial charge in [-0.3, -0.25) is 0 Å². The maximum Gasteiger partial charge on any atom is 0.0646 e. The predicted octanol–water partition coefficient (Wildman–Crippen LogP) is 5.95. The van der Waals surface area contributed by atoms with Gasteiger partial charge in [0, 0.05) is 37.9 Å². The van der Waals surface area contributed by atoms with E-state index in [2.05, 4.69) is 56.9 Å². The summed E-state index contributed by atoms with van der Waals surface area (Å²) in [5, 5.41) is 21.8. The molecule has 2 saturated carbocycles. The first-order valence-corrected chi connectivity index (χ1v) is 11.7. The van der Waals surface area contributed by atoms with Gasteiger partial charge in [0.2, 0.25) is 0 Å². The zero-order valence-electron chi connectivity index (χ0n) is 18.6. The van der Waals surface area contributed by atoms with Gasteiger partial charge < -0.3 is 15.2 Å². The van der Waals surface area contributed by atoms with Gasteiger partial charge in [0.1, 0.15) is 0 Å². The summed E-state index contributed by atoms with van der Waals surface area (Å²) in [4.78, 5) is 5.43. The van der Waals surface area contributed by atoms with Crippen LogP contribution in [-0.4, -0.2) is 27.4 Å². The summed E-state index contributed by atoms with van der Waals surface area (Å²) in [5.41, 5.74) is 0.956. The molecule has 2 heterocycles. The molecule has 0 aliphatic heterocycles. The normalized spacial score (nSPS) is 28.2. The molecule has 0 bridgehead atoms. The molecule has 5 rings (SSSR count). The molecule has 2 fully saturated rings. The topological polar surface area (TPSA) is 53.4 Å². The van der Waals surface area contributed by atoms with Crippen LogP contribution in [0, 0.1) is 28.7 Å². The fourth-order valence-electron chi connectivity index (χ4n) is 5.19. The van der Waals surface area contributed by atoms with Crippen molar-refractivity contribution in [3.05, 3.63) is 54.7 Å². The van der Waals surface area contributed by atoms with E-state index in [1.165, 1.54) is 10.1 Å². The second-order valence-electron chi connectivity index (χ2n) is 10.2. The van der Waals surface area contributed by atoms with Gasteiger partial charge >= 0.3 is 0 Å². The minimum Gasteiger partial charge on any atom is -0.392 e. The molecule has 0 saturated heterocycles. The predicted molar refractivity (Wildman–Crippen MR) is 124 cm³/mol. The molecule has 1 aromatic carbocycles. The standard InChI is InChI=1S/C13H8NS.C13H24O2.Ir/c1-2-7-12-10(5-1)9-13(15-12)11-6-3-4-8-14-11;1-12(2)6-5-8-7-13(3,4)11(15)9(8)10(12)14;/h1-8H;8-11,14-15H,5-7H2,1-4H3;/q-1;;. The largest absolute Gasteiger partial charge is 0.392 e. The fourth-order valence-corrected chi connectivity index (χ4v) is 6.17. The van der Waals surface area contributed by atoms with Crippen LogP contribution in [0.2, 0.25) is 0 Å². The van der Waals surface area contributed by atoms with E-state index < -0.39 is 0 Å². The van der Waals surface area contributed by atoms with Crippen molar-refractivity contribution in [2.75, 3.05) is 0 Å². The van der Waals surface area contributed by atoms with E-state index in [-0.39, 0.29) is 49.1 Å². The Kier molecular flexibility index (Phi) is 7.45. The number of aromatic nitrogens is 1. The number of benzene rings is 1. The maximum atomic E-state index is 10.3. The number of pyridine rings is 1. The average Bonchev–Trinajstić information content (AvgIpc) is 3.25. The van der Waals surface area contributed by atoms with Crippen LogP contribution < -0.4 is 0 Å². The van der Waals surface area contributed by atoms with Gasteiger partial charge in [-0.1, -0.05) is 52.0 Å². The van der Waals surface area contributed by atoms with Gasteiger partial charge in [-0.15, -0.1) is 23.6 Å². The number of nitrogens with zero attached hydrogens (tertiary/aromatic N) is 1.